The molecule has 0 saturated heterocycles. The SMILES string of the molecule is CC(CNC(=O)Nc1nc(CS(C)(=O)=O)no1)N(C)c1ccccc1. The van der Waals surface area contributed by atoms with E-state index in [2.05, 4.69) is 20.8 Å². The van der Waals surface area contributed by atoms with Gasteiger partial charge in [0.2, 0.25) is 0 Å². The molecule has 0 fully saturated rings. The first-order valence-electron chi connectivity index (χ1n) is 7.57. The Balaban J connectivity index is 1.82. The standard InChI is InChI=1S/C15H21N5O4S/c1-11(20(2)12-7-5-4-6-8-12)9-16-14(21)18-15-17-13(19-24-15)10-25(3,22)23/h4-8,11H,9-10H2,1-3H3,(H2,16,17,18,19,21). The summed E-state index contributed by atoms with van der Waals surface area (Å²) in [5.74, 6) is -0.353. The van der Waals surface area contributed by atoms with Gasteiger partial charge in [0.15, 0.2) is 15.7 Å². The Labute approximate surface area is 146 Å². The van der Waals surface area contributed by atoms with E-state index in [1.807, 2.05) is 49.2 Å². The first kappa shape index (κ1) is 18.7. The zero-order chi connectivity index (χ0) is 18.4. The second kappa shape index (κ2) is 7.97. The average Bonchev–Trinajstić information content (AvgIpc) is 2.97. The maximum Gasteiger partial charge on any atom is 0.329 e. The Morgan fingerprint density at radius 3 is 2.64 bits per heavy atom. The third-order valence-electron chi connectivity index (χ3n) is 3.46. The van der Waals surface area contributed by atoms with Crippen LogP contribution in [-0.2, 0) is 15.6 Å². The van der Waals surface area contributed by atoms with Crippen LogP contribution in [0.3, 0.4) is 0 Å². The third kappa shape index (κ3) is 6.07. The third-order valence-corrected chi connectivity index (χ3v) is 4.25. The molecule has 0 aliphatic heterocycles. The molecule has 0 bridgehead atoms. The molecule has 0 aliphatic carbocycles. The number of likely N-dealkylation sites (N-methyl/N-ethyl adjacent to an activating group) is 1. The van der Waals surface area contributed by atoms with Crippen molar-refractivity contribution < 1.29 is 17.7 Å². The highest BCUT2D eigenvalue weighted by molar-refractivity contribution is 7.89. The lowest BCUT2D eigenvalue weighted by Gasteiger charge is -2.27. The van der Waals surface area contributed by atoms with Crippen molar-refractivity contribution in [1.82, 2.24) is 15.5 Å². The van der Waals surface area contributed by atoms with Gasteiger partial charge in [-0.1, -0.05) is 23.4 Å². The Kier molecular flexibility index (Phi) is 5.97. The molecular weight excluding hydrogens is 346 g/mol. The van der Waals surface area contributed by atoms with Crippen LogP contribution >= 0.6 is 0 Å². The molecule has 0 radical (unpaired) electrons. The number of amides is 2. The smallest absolute Gasteiger partial charge is 0.329 e. The van der Waals surface area contributed by atoms with Gasteiger partial charge >= 0.3 is 12.0 Å². The molecule has 1 unspecified atom stereocenters. The molecular formula is C15H21N5O4S. The Hall–Kier alpha value is -2.62. The van der Waals surface area contributed by atoms with Crippen LogP contribution in [0.2, 0.25) is 0 Å². The lowest BCUT2D eigenvalue weighted by Crippen LogP contribution is -2.41. The van der Waals surface area contributed by atoms with Crippen molar-refractivity contribution in [3.05, 3.63) is 36.2 Å². The van der Waals surface area contributed by atoms with Gasteiger partial charge in [0.25, 0.3) is 0 Å². The van der Waals surface area contributed by atoms with Crippen molar-refractivity contribution in [2.75, 3.05) is 30.1 Å². The Morgan fingerprint density at radius 1 is 1.32 bits per heavy atom. The van der Waals surface area contributed by atoms with Gasteiger partial charge in [-0.3, -0.25) is 5.32 Å². The molecule has 0 spiro atoms. The van der Waals surface area contributed by atoms with E-state index in [9.17, 15) is 13.2 Å². The quantitative estimate of drug-likeness (QED) is 0.756. The van der Waals surface area contributed by atoms with Crippen molar-refractivity contribution in [2.24, 2.45) is 0 Å². The highest BCUT2D eigenvalue weighted by atomic mass is 32.2. The molecule has 0 aliphatic rings. The number of sulfone groups is 1. The van der Waals surface area contributed by atoms with Crippen molar-refractivity contribution in [2.45, 2.75) is 18.7 Å². The predicted octanol–water partition coefficient (Wildman–Crippen LogP) is 1.26. The number of nitrogens with zero attached hydrogens (tertiary/aromatic N) is 3. The molecule has 9 nitrogen and oxygen atoms in total. The van der Waals surface area contributed by atoms with Gasteiger partial charge < -0.3 is 14.7 Å². The number of hydrogen-bond acceptors (Lipinski definition) is 7. The molecule has 2 aromatic rings. The fraction of sp³-hybridized carbons (Fsp3) is 0.400. The number of benzene rings is 1. The summed E-state index contributed by atoms with van der Waals surface area (Å²) in [5.41, 5.74) is 1.04. The van der Waals surface area contributed by atoms with Gasteiger partial charge in [0, 0.05) is 31.6 Å². The van der Waals surface area contributed by atoms with E-state index in [1.54, 1.807) is 0 Å². The first-order chi connectivity index (χ1) is 11.7. The number of rotatable bonds is 7. The van der Waals surface area contributed by atoms with Crippen molar-refractivity contribution >= 4 is 27.6 Å². The van der Waals surface area contributed by atoms with Gasteiger partial charge in [0.1, 0.15) is 5.75 Å². The lowest BCUT2D eigenvalue weighted by atomic mass is 10.2. The maximum atomic E-state index is 11.9. The maximum absolute atomic E-state index is 11.9. The second-order valence-electron chi connectivity index (χ2n) is 5.72. The van der Waals surface area contributed by atoms with Crippen LogP contribution in [0, 0.1) is 0 Å². The normalized spacial score (nSPS) is 12.4. The monoisotopic (exact) mass is 367 g/mol. The number of aromatic nitrogens is 2. The van der Waals surface area contributed by atoms with Crippen molar-refractivity contribution in [3.63, 3.8) is 0 Å². The molecule has 2 N–H and O–H groups in total. The van der Waals surface area contributed by atoms with E-state index in [0.717, 1.165) is 11.9 Å². The molecule has 2 amide bonds. The summed E-state index contributed by atoms with van der Waals surface area (Å²) in [6.07, 6.45) is 1.06. The van der Waals surface area contributed by atoms with Crippen LogP contribution in [-0.4, -0.2) is 50.5 Å². The van der Waals surface area contributed by atoms with Crippen LogP contribution < -0.4 is 15.5 Å². The summed E-state index contributed by atoms with van der Waals surface area (Å²) in [4.78, 5) is 17.7. The molecule has 10 heteroatoms. The molecule has 1 aromatic carbocycles. The van der Waals surface area contributed by atoms with Gasteiger partial charge in [-0.25, -0.2) is 13.2 Å². The summed E-state index contributed by atoms with van der Waals surface area (Å²) in [7, 11) is -1.33. The zero-order valence-corrected chi connectivity index (χ0v) is 15.1. The number of carbonyl (C=O) groups is 1. The van der Waals surface area contributed by atoms with Gasteiger partial charge in [-0.05, 0) is 19.1 Å². The number of nitrogens with one attached hydrogen (secondary N) is 2. The predicted molar refractivity (Wildman–Crippen MR) is 94.2 cm³/mol. The highest BCUT2D eigenvalue weighted by Gasteiger charge is 2.15. The first-order valence-corrected chi connectivity index (χ1v) is 9.63. The minimum Gasteiger partial charge on any atom is -0.370 e. The number of para-hydroxylation sites is 1. The van der Waals surface area contributed by atoms with E-state index in [1.165, 1.54) is 0 Å². The number of hydrogen-bond donors (Lipinski definition) is 2. The fourth-order valence-corrected chi connectivity index (χ4v) is 2.62. The number of urea groups is 1. The van der Waals surface area contributed by atoms with Crippen LogP contribution in [0.25, 0.3) is 0 Å². The molecule has 1 aromatic heterocycles. The minimum atomic E-state index is -3.27. The van der Waals surface area contributed by atoms with E-state index in [-0.39, 0.29) is 23.6 Å². The van der Waals surface area contributed by atoms with Crippen LogP contribution in [0.4, 0.5) is 16.5 Å². The topological polar surface area (TPSA) is 117 Å². The van der Waals surface area contributed by atoms with Gasteiger partial charge in [-0.15, -0.1) is 0 Å². The van der Waals surface area contributed by atoms with E-state index >= 15 is 0 Å². The zero-order valence-electron chi connectivity index (χ0n) is 14.3. The highest BCUT2D eigenvalue weighted by Crippen LogP contribution is 2.13. The lowest BCUT2D eigenvalue weighted by molar-refractivity contribution is 0.250. The van der Waals surface area contributed by atoms with Gasteiger partial charge in [-0.2, -0.15) is 4.98 Å². The van der Waals surface area contributed by atoms with E-state index in [4.69, 9.17) is 4.52 Å². The largest absolute Gasteiger partial charge is 0.370 e. The van der Waals surface area contributed by atoms with Crippen molar-refractivity contribution in [1.29, 1.82) is 0 Å². The van der Waals surface area contributed by atoms with Crippen LogP contribution in [0.1, 0.15) is 12.7 Å². The van der Waals surface area contributed by atoms with Gasteiger partial charge in [0.05, 0.1) is 0 Å². The summed E-state index contributed by atoms with van der Waals surface area (Å²) in [6.45, 7) is 2.37. The summed E-state index contributed by atoms with van der Waals surface area (Å²) >= 11 is 0. The molecule has 1 heterocycles. The Bertz CT molecular complexity index is 806. The molecule has 0 saturated carbocycles. The van der Waals surface area contributed by atoms with Crippen molar-refractivity contribution in [3.8, 4) is 0 Å². The molecule has 1 atom stereocenters. The summed E-state index contributed by atoms with van der Waals surface area (Å²) in [5, 5.41) is 8.58. The fourth-order valence-electron chi connectivity index (χ4n) is 2.03. The van der Waals surface area contributed by atoms with E-state index < -0.39 is 15.9 Å². The summed E-state index contributed by atoms with van der Waals surface area (Å²) in [6, 6.07) is 9.19. The minimum absolute atomic E-state index is 0.00465. The molecule has 136 valence electrons. The van der Waals surface area contributed by atoms with E-state index in [0.29, 0.717) is 6.54 Å². The molecule has 25 heavy (non-hydrogen) atoms. The number of carbonyl (C=O) groups excluding carboxylic acids is 1. The Morgan fingerprint density at radius 2 is 2.00 bits per heavy atom. The summed E-state index contributed by atoms with van der Waals surface area (Å²) < 4.78 is 27.1. The average molecular weight is 367 g/mol. The molecule has 2 rings (SSSR count). The van der Waals surface area contributed by atoms with Crippen LogP contribution in [0.5, 0.6) is 0 Å². The number of anilines is 2. The van der Waals surface area contributed by atoms with Crippen LogP contribution in [0.15, 0.2) is 34.9 Å². The second-order valence-corrected chi connectivity index (χ2v) is 7.86.